The Balaban J connectivity index is 2.58. The Labute approximate surface area is 110 Å². The number of nitrogen functional groups attached to an aromatic ring is 1. The molecule has 0 bridgehead atoms. The van der Waals surface area contributed by atoms with Crippen LogP contribution in [-0.4, -0.2) is 22.1 Å². The number of anilines is 1. The van der Waals surface area contributed by atoms with Crippen molar-refractivity contribution in [3.63, 3.8) is 0 Å². The third kappa shape index (κ3) is 2.40. The van der Waals surface area contributed by atoms with Gasteiger partial charge in [0.2, 0.25) is 0 Å². The predicted molar refractivity (Wildman–Crippen MR) is 68.6 cm³/mol. The van der Waals surface area contributed by atoms with Crippen molar-refractivity contribution < 1.29 is 9.53 Å². The van der Waals surface area contributed by atoms with Crippen molar-refractivity contribution in [3.8, 4) is 11.8 Å². The molecule has 6 nitrogen and oxygen atoms in total. The topological polar surface area (TPSA) is 93.9 Å². The van der Waals surface area contributed by atoms with Gasteiger partial charge in [0.15, 0.2) is 0 Å². The molecule has 0 aliphatic carbocycles. The van der Waals surface area contributed by atoms with E-state index in [-0.39, 0.29) is 18.0 Å². The summed E-state index contributed by atoms with van der Waals surface area (Å²) in [5.74, 6) is -0.276. The molecule has 2 aromatic rings. The second-order valence-corrected chi connectivity index (χ2v) is 3.72. The molecular formula is C13H12N4O2. The summed E-state index contributed by atoms with van der Waals surface area (Å²) in [7, 11) is 0. The number of esters is 1. The first-order valence-corrected chi connectivity index (χ1v) is 5.67. The van der Waals surface area contributed by atoms with Crippen molar-refractivity contribution >= 4 is 11.8 Å². The van der Waals surface area contributed by atoms with Crippen LogP contribution in [0.25, 0.3) is 5.69 Å². The summed E-state index contributed by atoms with van der Waals surface area (Å²) in [6.45, 7) is 1.98. The molecule has 6 heteroatoms. The smallest absolute Gasteiger partial charge is 0.340 e. The fourth-order valence-electron chi connectivity index (χ4n) is 1.71. The maximum Gasteiger partial charge on any atom is 0.340 e. The first-order valence-electron chi connectivity index (χ1n) is 5.67. The summed E-state index contributed by atoms with van der Waals surface area (Å²) < 4.78 is 6.54. The van der Waals surface area contributed by atoms with E-state index >= 15 is 0 Å². The van der Waals surface area contributed by atoms with Crippen molar-refractivity contribution in [1.29, 1.82) is 5.26 Å². The van der Waals surface area contributed by atoms with Crippen LogP contribution in [0, 0.1) is 11.3 Å². The van der Waals surface area contributed by atoms with Gasteiger partial charge < -0.3 is 15.0 Å². The maximum absolute atomic E-state index is 11.9. The first-order chi connectivity index (χ1) is 9.17. The van der Waals surface area contributed by atoms with Crippen molar-refractivity contribution in [1.82, 2.24) is 9.55 Å². The van der Waals surface area contributed by atoms with E-state index in [1.807, 2.05) is 6.07 Å². The monoisotopic (exact) mass is 256 g/mol. The average molecular weight is 256 g/mol. The lowest BCUT2D eigenvalue weighted by atomic mass is 10.2. The Morgan fingerprint density at radius 1 is 1.63 bits per heavy atom. The van der Waals surface area contributed by atoms with Crippen molar-refractivity contribution in [2.24, 2.45) is 0 Å². The van der Waals surface area contributed by atoms with Crippen LogP contribution in [0.2, 0.25) is 0 Å². The van der Waals surface area contributed by atoms with E-state index in [2.05, 4.69) is 4.98 Å². The number of carbonyl (C=O) groups is 1. The number of rotatable bonds is 3. The summed E-state index contributed by atoms with van der Waals surface area (Å²) >= 11 is 0. The second kappa shape index (κ2) is 5.23. The maximum atomic E-state index is 11.9. The van der Waals surface area contributed by atoms with Crippen LogP contribution in [0.4, 0.5) is 5.82 Å². The fraction of sp³-hybridized carbons (Fsp3) is 0.154. The Bertz CT molecular complexity index is 655. The number of nitrogens with zero attached hydrogens (tertiary/aromatic N) is 3. The molecule has 0 aromatic carbocycles. The molecule has 19 heavy (non-hydrogen) atoms. The van der Waals surface area contributed by atoms with Crippen LogP contribution in [0.15, 0.2) is 30.6 Å². The van der Waals surface area contributed by atoms with Gasteiger partial charge in [-0.3, -0.25) is 0 Å². The van der Waals surface area contributed by atoms with E-state index in [4.69, 9.17) is 15.7 Å². The molecule has 0 fully saturated rings. The lowest BCUT2D eigenvalue weighted by Crippen LogP contribution is -2.11. The standard InChI is InChI=1S/C13H12N4O2/c1-2-19-13(18)10-6-12(15)16-8-11(10)17-5-3-4-9(17)7-14/h3-6,8H,2H2,1H3,(H2,15,16). The summed E-state index contributed by atoms with van der Waals surface area (Å²) in [5, 5.41) is 9.02. The van der Waals surface area contributed by atoms with E-state index in [0.717, 1.165) is 0 Å². The number of hydrogen-bond donors (Lipinski definition) is 1. The highest BCUT2D eigenvalue weighted by Crippen LogP contribution is 2.19. The first kappa shape index (κ1) is 12.6. The van der Waals surface area contributed by atoms with Gasteiger partial charge in [0.1, 0.15) is 17.6 Å². The van der Waals surface area contributed by atoms with Crippen LogP contribution in [0.1, 0.15) is 23.0 Å². The van der Waals surface area contributed by atoms with Crippen LogP contribution in [-0.2, 0) is 4.74 Å². The van der Waals surface area contributed by atoms with Crippen LogP contribution in [0.5, 0.6) is 0 Å². The van der Waals surface area contributed by atoms with Gasteiger partial charge in [-0.25, -0.2) is 9.78 Å². The summed E-state index contributed by atoms with van der Waals surface area (Å²) in [6, 6.07) is 6.83. The molecule has 96 valence electrons. The van der Waals surface area contributed by atoms with Gasteiger partial charge in [0, 0.05) is 6.20 Å². The van der Waals surface area contributed by atoms with Gasteiger partial charge in [-0.05, 0) is 25.1 Å². The zero-order valence-electron chi connectivity index (χ0n) is 10.3. The van der Waals surface area contributed by atoms with E-state index in [0.29, 0.717) is 11.4 Å². The zero-order chi connectivity index (χ0) is 13.8. The third-order valence-electron chi connectivity index (χ3n) is 2.52. The summed E-state index contributed by atoms with van der Waals surface area (Å²) in [4.78, 5) is 15.9. The molecule has 0 aliphatic rings. The van der Waals surface area contributed by atoms with Crippen molar-refractivity contribution in [3.05, 3.63) is 41.9 Å². The minimum absolute atomic E-state index is 0.220. The van der Waals surface area contributed by atoms with Crippen LogP contribution in [0.3, 0.4) is 0 Å². The summed E-state index contributed by atoms with van der Waals surface area (Å²) in [6.07, 6.45) is 3.12. The van der Waals surface area contributed by atoms with Gasteiger partial charge in [-0.1, -0.05) is 0 Å². The Morgan fingerprint density at radius 2 is 2.42 bits per heavy atom. The molecule has 2 rings (SSSR count). The van der Waals surface area contributed by atoms with Crippen LogP contribution < -0.4 is 5.73 Å². The van der Waals surface area contributed by atoms with Gasteiger partial charge in [-0.2, -0.15) is 5.26 Å². The molecule has 0 amide bonds. The normalized spacial score (nSPS) is 9.89. The SMILES string of the molecule is CCOC(=O)c1cc(N)ncc1-n1cccc1C#N. The number of pyridine rings is 1. The fourth-order valence-corrected chi connectivity index (χ4v) is 1.71. The van der Waals surface area contributed by atoms with E-state index < -0.39 is 5.97 Å². The molecule has 0 saturated heterocycles. The number of hydrogen-bond acceptors (Lipinski definition) is 5. The van der Waals surface area contributed by atoms with Gasteiger partial charge in [0.05, 0.1) is 24.1 Å². The average Bonchev–Trinajstić information content (AvgIpc) is 2.87. The molecule has 0 aliphatic heterocycles. The molecule has 0 atom stereocenters. The molecular weight excluding hydrogens is 244 g/mol. The number of ether oxygens (including phenoxy) is 1. The van der Waals surface area contributed by atoms with E-state index in [1.54, 1.807) is 29.8 Å². The van der Waals surface area contributed by atoms with Gasteiger partial charge in [-0.15, -0.1) is 0 Å². The van der Waals surface area contributed by atoms with Crippen molar-refractivity contribution in [2.45, 2.75) is 6.92 Å². The molecule has 2 heterocycles. The van der Waals surface area contributed by atoms with Gasteiger partial charge in [0.25, 0.3) is 0 Å². The molecule has 2 aromatic heterocycles. The van der Waals surface area contributed by atoms with E-state index in [9.17, 15) is 4.79 Å². The number of nitriles is 1. The Hall–Kier alpha value is -2.81. The third-order valence-corrected chi connectivity index (χ3v) is 2.52. The highest BCUT2D eigenvalue weighted by molar-refractivity contribution is 5.94. The minimum atomic E-state index is -0.496. The quantitative estimate of drug-likeness (QED) is 0.840. The Morgan fingerprint density at radius 3 is 3.11 bits per heavy atom. The highest BCUT2D eigenvalue weighted by Gasteiger charge is 2.16. The van der Waals surface area contributed by atoms with Crippen LogP contribution >= 0.6 is 0 Å². The largest absolute Gasteiger partial charge is 0.462 e. The number of carbonyl (C=O) groups excluding carboxylic acids is 1. The molecule has 2 N–H and O–H groups in total. The summed E-state index contributed by atoms with van der Waals surface area (Å²) in [5.41, 5.74) is 6.74. The second-order valence-electron chi connectivity index (χ2n) is 3.72. The number of aromatic nitrogens is 2. The Kier molecular flexibility index (Phi) is 3.48. The van der Waals surface area contributed by atoms with E-state index in [1.165, 1.54) is 12.3 Å². The molecule has 0 saturated carbocycles. The van der Waals surface area contributed by atoms with Gasteiger partial charge >= 0.3 is 5.97 Å². The predicted octanol–water partition coefficient (Wildman–Crippen LogP) is 1.50. The lowest BCUT2D eigenvalue weighted by Gasteiger charge is -2.11. The highest BCUT2D eigenvalue weighted by atomic mass is 16.5. The lowest BCUT2D eigenvalue weighted by molar-refractivity contribution is 0.0526. The zero-order valence-corrected chi connectivity index (χ0v) is 10.3. The van der Waals surface area contributed by atoms with Crippen molar-refractivity contribution in [2.75, 3.05) is 12.3 Å². The number of nitrogens with two attached hydrogens (primary N) is 1. The molecule has 0 radical (unpaired) electrons. The molecule has 0 spiro atoms. The minimum Gasteiger partial charge on any atom is -0.462 e. The molecule has 0 unspecified atom stereocenters.